The smallest absolute Gasteiger partial charge is 0.262 e. The van der Waals surface area contributed by atoms with E-state index in [0.717, 1.165) is 5.56 Å². The molecule has 1 aromatic heterocycles. The van der Waals surface area contributed by atoms with Crippen molar-refractivity contribution >= 4 is 11.6 Å². The molecule has 0 aliphatic rings. The van der Waals surface area contributed by atoms with Gasteiger partial charge in [0.1, 0.15) is 17.3 Å². The van der Waals surface area contributed by atoms with Crippen LogP contribution in [0, 0.1) is 12.7 Å². The van der Waals surface area contributed by atoms with E-state index in [1.165, 1.54) is 12.1 Å². The molecule has 5 nitrogen and oxygen atoms in total. The van der Waals surface area contributed by atoms with Crippen molar-refractivity contribution in [3.63, 3.8) is 0 Å². The topological polar surface area (TPSA) is 60.5 Å². The van der Waals surface area contributed by atoms with Gasteiger partial charge < -0.3 is 14.8 Å². The highest BCUT2D eigenvalue weighted by atomic mass is 19.1. The number of hydrogen-bond donors (Lipinski definition) is 1. The van der Waals surface area contributed by atoms with E-state index in [2.05, 4.69) is 10.3 Å². The zero-order chi connectivity index (χ0) is 18.4. The summed E-state index contributed by atoms with van der Waals surface area (Å²) in [6.45, 7) is 1.55. The summed E-state index contributed by atoms with van der Waals surface area (Å²) in [6, 6.07) is 16.8. The largest absolute Gasteiger partial charge is 0.484 e. The number of ether oxygens (including phenoxy) is 2. The standard InChI is InChI=1S/C20H17FN2O3/c1-14-5-10-18(17(21)12-14)23-19(24)13-25-15-6-8-16(9-7-15)26-20-4-2-3-11-22-20/h2-12H,13H2,1H3,(H,23,24). The van der Waals surface area contributed by atoms with E-state index in [4.69, 9.17) is 9.47 Å². The van der Waals surface area contributed by atoms with Crippen LogP contribution in [0.3, 0.4) is 0 Å². The number of anilines is 1. The van der Waals surface area contributed by atoms with Crippen molar-refractivity contribution in [3.05, 3.63) is 78.2 Å². The molecular formula is C20H17FN2O3. The Hall–Kier alpha value is -3.41. The molecule has 0 fully saturated rings. The van der Waals surface area contributed by atoms with E-state index >= 15 is 0 Å². The first-order chi connectivity index (χ1) is 12.6. The first-order valence-corrected chi connectivity index (χ1v) is 7.98. The Morgan fingerprint density at radius 3 is 2.54 bits per heavy atom. The van der Waals surface area contributed by atoms with Crippen LogP contribution in [0.25, 0.3) is 0 Å². The number of carbonyl (C=O) groups is 1. The quantitative estimate of drug-likeness (QED) is 0.717. The van der Waals surface area contributed by atoms with Gasteiger partial charge in [-0.2, -0.15) is 0 Å². The predicted molar refractivity (Wildman–Crippen MR) is 96.0 cm³/mol. The van der Waals surface area contributed by atoms with Crippen LogP contribution in [-0.2, 0) is 4.79 Å². The van der Waals surface area contributed by atoms with Gasteiger partial charge in [0, 0.05) is 12.3 Å². The van der Waals surface area contributed by atoms with Gasteiger partial charge >= 0.3 is 0 Å². The molecule has 0 saturated heterocycles. The number of nitrogens with one attached hydrogen (secondary N) is 1. The molecule has 1 N–H and O–H groups in total. The summed E-state index contributed by atoms with van der Waals surface area (Å²) >= 11 is 0. The van der Waals surface area contributed by atoms with Crippen LogP contribution in [0.4, 0.5) is 10.1 Å². The highest BCUT2D eigenvalue weighted by Gasteiger charge is 2.08. The van der Waals surface area contributed by atoms with E-state index in [-0.39, 0.29) is 12.3 Å². The third-order valence-corrected chi connectivity index (χ3v) is 3.45. The molecule has 0 aliphatic carbocycles. The van der Waals surface area contributed by atoms with Gasteiger partial charge in [-0.3, -0.25) is 4.79 Å². The maximum absolute atomic E-state index is 13.7. The summed E-state index contributed by atoms with van der Waals surface area (Å²) in [5, 5.41) is 2.48. The molecule has 0 atom stereocenters. The number of benzene rings is 2. The van der Waals surface area contributed by atoms with Gasteiger partial charge in [-0.25, -0.2) is 9.37 Å². The number of nitrogens with zero attached hydrogens (tertiary/aromatic N) is 1. The summed E-state index contributed by atoms with van der Waals surface area (Å²) in [5.41, 5.74) is 0.910. The first-order valence-electron chi connectivity index (χ1n) is 7.98. The molecule has 0 bridgehead atoms. The monoisotopic (exact) mass is 352 g/mol. The molecule has 0 saturated carbocycles. The van der Waals surface area contributed by atoms with Crippen LogP contribution in [0.5, 0.6) is 17.4 Å². The van der Waals surface area contributed by atoms with Crippen LogP contribution in [0.2, 0.25) is 0 Å². The normalized spacial score (nSPS) is 10.2. The number of aromatic nitrogens is 1. The molecular weight excluding hydrogens is 335 g/mol. The molecule has 1 heterocycles. The van der Waals surface area contributed by atoms with Gasteiger partial charge in [-0.1, -0.05) is 12.1 Å². The van der Waals surface area contributed by atoms with E-state index in [1.54, 1.807) is 55.6 Å². The summed E-state index contributed by atoms with van der Waals surface area (Å²) in [4.78, 5) is 16.0. The Morgan fingerprint density at radius 2 is 1.85 bits per heavy atom. The van der Waals surface area contributed by atoms with Crippen molar-refractivity contribution < 1.29 is 18.7 Å². The Balaban J connectivity index is 1.52. The average molecular weight is 352 g/mol. The molecule has 6 heteroatoms. The highest BCUT2D eigenvalue weighted by Crippen LogP contribution is 2.22. The van der Waals surface area contributed by atoms with Crippen LogP contribution < -0.4 is 14.8 Å². The van der Waals surface area contributed by atoms with E-state index in [9.17, 15) is 9.18 Å². The lowest BCUT2D eigenvalue weighted by molar-refractivity contribution is -0.118. The molecule has 26 heavy (non-hydrogen) atoms. The first kappa shape index (κ1) is 17.4. The number of aryl methyl sites for hydroxylation is 1. The summed E-state index contributed by atoms with van der Waals surface area (Å²) < 4.78 is 24.7. The SMILES string of the molecule is Cc1ccc(NC(=O)COc2ccc(Oc3ccccn3)cc2)c(F)c1. The minimum atomic E-state index is -0.477. The van der Waals surface area contributed by atoms with Gasteiger partial charge in [-0.05, 0) is 55.0 Å². The number of pyridine rings is 1. The summed E-state index contributed by atoms with van der Waals surface area (Å²) in [6.07, 6.45) is 1.64. The predicted octanol–water partition coefficient (Wildman–Crippen LogP) is 4.34. The minimum absolute atomic E-state index is 0.128. The summed E-state index contributed by atoms with van der Waals surface area (Å²) in [5.74, 6) is 0.664. The number of halogens is 1. The number of rotatable bonds is 6. The maximum atomic E-state index is 13.7. The zero-order valence-corrected chi connectivity index (χ0v) is 14.1. The molecule has 0 spiro atoms. The lowest BCUT2D eigenvalue weighted by atomic mass is 10.2. The molecule has 3 aromatic rings. The molecule has 3 rings (SSSR count). The molecule has 0 unspecified atom stereocenters. The van der Waals surface area contributed by atoms with Crippen LogP contribution >= 0.6 is 0 Å². The van der Waals surface area contributed by atoms with Gasteiger partial charge in [0.25, 0.3) is 5.91 Å². The van der Waals surface area contributed by atoms with E-state index in [0.29, 0.717) is 17.4 Å². The second kappa shape index (κ2) is 8.11. The Kier molecular flexibility index (Phi) is 5.43. The van der Waals surface area contributed by atoms with Gasteiger partial charge in [0.15, 0.2) is 6.61 Å². The second-order valence-electron chi connectivity index (χ2n) is 5.56. The Bertz CT molecular complexity index is 883. The average Bonchev–Trinajstić information content (AvgIpc) is 2.64. The maximum Gasteiger partial charge on any atom is 0.262 e. The molecule has 132 valence electrons. The van der Waals surface area contributed by atoms with Crippen molar-refractivity contribution in [2.24, 2.45) is 0 Å². The van der Waals surface area contributed by atoms with Crippen LogP contribution in [-0.4, -0.2) is 17.5 Å². The Labute approximate surface area is 150 Å². The fourth-order valence-electron chi connectivity index (χ4n) is 2.19. The third kappa shape index (κ3) is 4.80. The van der Waals surface area contributed by atoms with Crippen molar-refractivity contribution in [2.45, 2.75) is 6.92 Å². The van der Waals surface area contributed by atoms with Gasteiger partial charge in [0.05, 0.1) is 5.69 Å². The number of carbonyl (C=O) groups excluding carboxylic acids is 1. The second-order valence-corrected chi connectivity index (χ2v) is 5.56. The number of amides is 1. The van der Waals surface area contributed by atoms with Gasteiger partial charge in [-0.15, -0.1) is 0 Å². The van der Waals surface area contributed by atoms with Crippen LogP contribution in [0.1, 0.15) is 5.56 Å². The Morgan fingerprint density at radius 1 is 1.08 bits per heavy atom. The summed E-state index contributed by atoms with van der Waals surface area (Å²) in [7, 11) is 0. The van der Waals surface area contributed by atoms with Crippen molar-refractivity contribution in [2.75, 3.05) is 11.9 Å². The third-order valence-electron chi connectivity index (χ3n) is 3.45. The molecule has 0 aliphatic heterocycles. The molecule has 0 radical (unpaired) electrons. The zero-order valence-electron chi connectivity index (χ0n) is 14.1. The van der Waals surface area contributed by atoms with Crippen molar-refractivity contribution in [1.29, 1.82) is 0 Å². The van der Waals surface area contributed by atoms with Gasteiger partial charge in [0.2, 0.25) is 5.88 Å². The highest BCUT2D eigenvalue weighted by molar-refractivity contribution is 5.92. The van der Waals surface area contributed by atoms with Crippen LogP contribution in [0.15, 0.2) is 66.9 Å². The fourth-order valence-corrected chi connectivity index (χ4v) is 2.19. The van der Waals surface area contributed by atoms with Crippen molar-refractivity contribution in [1.82, 2.24) is 4.98 Å². The molecule has 2 aromatic carbocycles. The molecule has 1 amide bonds. The lowest BCUT2D eigenvalue weighted by Crippen LogP contribution is -2.20. The fraction of sp³-hybridized carbons (Fsp3) is 0.100. The number of hydrogen-bond acceptors (Lipinski definition) is 4. The minimum Gasteiger partial charge on any atom is -0.484 e. The lowest BCUT2D eigenvalue weighted by Gasteiger charge is -2.09. The van der Waals surface area contributed by atoms with Crippen molar-refractivity contribution in [3.8, 4) is 17.4 Å². The van der Waals surface area contributed by atoms with E-state index in [1.807, 2.05) is 6.07 Å². The van der Waals surface area contributed by atoms with E-state index < -0.39 is 11.7 Å².